The van der Waals surface area contributed by atoms with Crippen LogP contribution in [0.5, 0.6) is 5.75 Å². The summed E-state index contributed by atoms with van der Waals surface area (Å²) in [5.41, 5.74) is 1.19. The van der Waals surface area contributed by atoms with Gasteiger partial charge in [0, 0.05) is 11.2 Å². The number of carbonyl (C=O) groups excluding carboxylic acids is 1. The molecule has 19 heavy (non-hydrogen) atoms. The maximum Gasteiger partial charge on any atom is 0.260 e. The molecule has 0 aliphatic rings. The molecular formula is C14H13ClN2O2. The van der Waals surface area contributed by atoms with Gasteiger partial charge in [0.1, 0.15) is 11.6 Å². The smallest absolute Gasteiger partial charge is 0.260 e. The van der Waals surface area contributed by atoms with Crippen molar-refractivity contribution >= 4 is 23.3 Å². The first-order valence-electron chi connectivity index (χ1n) is 5.68. The standard InChI is InChI=1S/C14H13ClN2O2/c1-9-7-10(15)8-11(13(9)19-2)14(18)17-12-5-3-4-6-16-12/h3-8H,1-2H3,(H,16,17,18). The van der Waals surface area contributed by atoms with E-state index in [9.17, 15) is 4.79 Å². The van der Waals surface area contributed by atoms with Gasteiger partial charge in [-0.2, -0.15) is 0 Å². The lowest BCUT2D eigenvalue weighted by atomic mass is 10.1. The van der Waals surface area contributed by atoms with Crippen LogP contribution in [-0.4, -0.2) is 18.0 Å². The molecule has 0 saturated carbocycles. The molecule has 1 aromatic carbocycles. The molecule has 1 heterocycles. The Bertz CT molecular complexity index is 600. The third-order valence-electron chi connectivity index (χ3n) is 2.59. The number of pyridine rings is 1. The van der Waals surface area contributed by atoms with Crippen LogP contribution in [0.4, 0.5) is 5.82 Å². The lowest BCUT2D eigenvalue weighted by molar-refractivity contribution is 0.102. The Labute approximate surface area is 116 Å². The normalized spacial score (nSPS) is 10.1. The first-order valence-corrected chi connectivity index (χ1v) is 6.06. The highest BCUT2D eigenvalue weighted by atomic mass is 35.5. The Kier molecular flexibility index (Phi) is 4.02. The number of aromatic nitrogens is 1. The maximum absolute atomic E-state index is 12.2. The average molecular weight is 277 g/mol. The van der Waals surface area contributed by atoms with Crippen molar-refractivity contribution < 1.29 is 9.53 Å². The number of methoxy groups -OCH3 is 1. The van der Waals surface area contributed by atoms with Crippen LogP contribution in [0.15, 0.2) is 36.5 Å². The molecule has 0 radical (unpaired) electrons. The van der Waals surface area contributed by atoms with Gasteiger partial charge in [-0.25, -0.2) is 4.98 Å². The third-order valence-corrected chi connectivity index (χ3v) is 2.81. The molecule has 1 amide bonds. The van der Waals surface area contributed by atoms with Crippen molar-refractivity contribution in [3.05, 3.63) is 52.7 Å². The highest BCUT2D eigenvalue weighted by Crippen LogP contribution is 2.28. The van der Waals surface area contributed by atoms with E-state index in [1.165, 1.54) is 7.11 Å². The third kappa shape index (κ3) is 3.03. The summed E-state index contributed by atoms with van der Waals surface area (Å²) in [6.45, 7) is 1.84. The SMILES string of the molecule is COc1c(C)cc(Cl)cc1C(=O)Nc1ccccn1. The number of rotatable bonds is 3. The van der Waals surface area contributed by atoms with E-state index in [0.29, 0.717) is 22.2 Å². The number of ether oxygens (including phenoxy) is 1. The molecule has 4 nitrogen and oxygen atoms in total. The summed E-state index contributed by atoms with van der Waals surface area (Å²) in [4.78, 5) is 16.2. The summed E-state index contributed by atoms with van der Waals surface area (Å²) in [7, 11) is 1.52. The van der Waals surface area contributed by atoms with E-state index >= 15 is 0 Å². The van der Waals surface area contributed by atoms with Gasteiger partial charge < -0.3 is 10.1 Å². The second-order valence-electron chi connectivity index (χ2n) is 3.97. The van der Waals surface area contributed by atoms with Gasteiger partial charge in [0.15, 0.2) is 0 Å². The van der Waals surface area contributed by atoms with Crippen LogP contribution in [0, 0.1) is 6.92 Å². The van der Waals surface area contributed by atoms with E-state index in [2.05, 4.69) is 10.3 Å². The Morgan fingerprint density at radius 2 is 2.16 bits per heavy atom. The van der Waals surface area contributed by atoms with E-state index in [0.717, 1.165) is 5.56 Å². The van der Waals surface area contributed by atoms with Crippen LogP contribution in [0.25, 0.3) is 0 Å². The van der Waals surface area contributed by atoms with Gasteiger partial charge >= 0.3 is 0 Å². The number of carbonyl (C=O) groups is 1. The fourth-order valence-corrected chi connectivity index (χ4v) is 2.06. The fourth-order valence-electron chi connectivity index (χ4n) is 1.79. The van der Waals surface area contributed by atoms with Crippen LogP contribution < -0.4 is 10.1 Å². The molecule has 98 valence electrons. The molecule has 0 bridgehead atoms. The van der Waals surface area contributed by atoms with Crippen molar-refractivity contribution in [1.29, 1.82) is 0 Å². The molecular weight excluding hydrogens is 264 g/mol. The summed E-state index contributed by atoms with van der Waals surface area (Å²) in [6.07, 6.45) is 1.61. The molecule has 0 fully saturated rings. The van der Waals surface area contributed by atoms with E-state index in [-0.39, 0.29) is 5.91 Å². The molecule has 0 aliphatic heterocycles. The van der Waals surface area contributed by atoms with Gasteiger partial charge in [-0.05, 0) is 36.8 Å². The van der Waals surface area contributed by atoms with Gasteiger partial charge in [0.25, 0.3) is 5.91 Å². The zero-order chi connectivity index (χ0) is 13.8. The average Bonchev–Trinajstić information content (AvgIpc) is 2.39. The van der Waals surface area contributed by atoms with Crippen LogP contribution in [0.1, 0.15) is 15.9 Å². The van der Waals surface area contributed by atoms with E-state index in [1.54, 1.807) is 36.5 Å². The molecule has 5 heteroatoms. The van der Waals surface area contributed by atoms with Gasteiger partial charge in [-0.15, -0.1) is 0 Å². The second-order valence-corrected chi connectivity index (χ2v) is 4.41. The maximum atomic E-state index is 12.2. The lowest BCUT2D eigenvalue weighted by Crippen LogP contribution is -2.14. The number of hydrogen-bond acceptors (Lipinski definition) is 3. The summed E-state index contributed by atoms with van der Waals surface area (Å²) >= 11 is 5.97. The van der Waals surface area contributed by atoms with E-state index in [1.807, 2.05) is 6.92 Å². The number of nitrogens with zero attached hydrogens (tertiary/aromatic N) is 1. The minimum Gasteiger partial charge on any atom is -0.496 e. The predicted molar refractivity (Wildman–Crippen MR) is 74.9 cm³/mol. The fraction of sp³-hybridized carbons (Fsp3) is 0.143. The topological polar surface area (TPSA) is 51.2 Å². The minimum atomic E-state index is -0.304. The Hall–Kier alpha value is -2.07. The number of benzene rings is 1. The largest absolute Gasteiger partial charge is 0.496 e. The van der Waals surface area contributed by atoms with Crippen LogP contribution in [0.3, 0.4) is 0 Å². The first kappa shape index (κ1) is 13.4. The number of amides is 1. The van der Waals surface area contributed by atoms with Crippen molar-refractivity contribution in [2.45, 2.75) is 6.92 Å². The van der Waals surface area contributed by atoms with Gasteiger partial charge in [0.2, 0.25) is 0 Å². The minimum absolute atomic E-state index is 0.304. The molecule has 0 unspecified atom stereocenters. The molecule has 0 spiro atoms. The summed E-state index contributed by atoms with van der Waals surface area (Å²) in [6, 6.07) is 8.61. The summed E-state index contributed by atoms with van der Waals surface area (Å²) < 4.78 is 5.25. The zero-order valence-corrected chi connectivity index (χ0v) is 11.4. The number of halogens is 1. The van der Waals surface area contributed by atoms with E-state index < -0.39 is 0 Å². The first-order chi connectivity index (χ1) is 9.11. The van der Waals surface area contributed by atoms with Crippen molar-refractivity contribution in [3.63, 3.8) is 0 Å². The molecule has 2 aromatic rings. The Morgan fingerprint density at radius 3 is 2.79 bits per heavy atom. The van der Waals surface area contributed by atoms with Gasteiger partial charge in [-0.3, -0.25) is 4.79 Å². The van der Waals surface area contributed by atoms with Crippen molar-refractivity contribution in [3.8, 4) is 5.75 Å². The Morgan fingerprint density at radius 1 is 1.37 bits per heavy atom. The Balaban J connectivity index is 2.33. The monoisotopic (exact) mass is 276 g/mol. The van der Waals surface area contributed by atoms with Gasteiger partial charge in [-0.1, -0.05) is 17.7 Å². The van der Waals surface area contributed by atoms with Crippen molar-refractivity contribution in [2.24, 2.45) is 0 Å². The highest BCUT2D eigenvalue weighted by molar-refractivity contribution is 6.31. The number of anilines is 1. The van der Waals surface area contributed by atoms with Crippen LogP contribution in [0.2, 0.25) is 5.02 Å². The highest BCUT2D eigenvalue weighted by Gasteiger charge is 2.16. The summed E-state index contributed by atoms with van der Waals surface area (Å²) in [5, 5.41) is 3.19. The van der Waals surface area contributed by atoms with Crippen LogP contribution >= 0.6 is 11.6 Å². The number of hydrogen-bond donors (Lipinski definition) is 1. The molecule has 0 saturated heterocycles. The summed E-state index contributed by atoms with van der Waals surface area (Å²) in [5.74, 6) is 0.686. The van der Waals surface area contributed by atoms with E-state index in [4.69, 9.17) is 16.3 Å². The lowest BCUT2D eigenvalue weighted by Gasteiger charge is -2.12. The van der Waals surface area contributed by atoms with Crippen LogP contribution in [-0.2, 0) is 0 Å². The number of aryl methyl sites for hydroxylation is 1. The molecule has 0 atom stereocenters. The van der Waals surface area contributed by atoms with Gasteiger partial charge in [0.05, 0.1) is 12.7 Å². The molecule has 2 rings (SSSR count). The van der Waals surface area contributed by atoms with Crippen molar-refractivity contribution in [1.82, 2.24) is 4.98 Å². The molecule has 1 N–H and O–H groups in total. The quantitative estimate of drug-likeness (QED) is 0.936. The van der Waals surface area contributed by atoms with Crippen molar-refractivity contribution in [2.75, 3.05) is 12.4 Å². The predicted octanol–water partition coefficient (Wildman–Crippen LogP) is 3.30. The second kappa shape index (κ2) is 5.71. The zero-order valence-electron chi connectivity index (χ0n) is 10.6. The number of nitrogens with one attached hydrogen (secondary N) is 1. The molecule has 1 aromatic heterocycles. The molecule has 0 aliphatic carbocycles.